The first-order valence-corrected chi connectivity index (χ1v) is 7.42. The maximum absolute atomic E-state index is 12.3. The molecule has 5 nitrogen and oxygen atoms in total. The molecular formula is C14H11N3O2S. The van der Waals surface area contributed by atoms with Crippen molar-refractivity contribution in [1.82, 2.24) is 9.97 Å². The molecule has 3 rings (SSSR count). The first-order chi connectivity index (χ1) is 9.67. The van der Waals surface area contributed by atoms with Crippen molar-refractivity contribution in [2.45, 2.75) is 4.90 Å². The summed E-state index contributed by atoms with van der Waals surface area (Å²) in [4.78, 5) is 8.26. The fourth-order valence-corrected chi connectivity index (χ4v) is 2.99. The van der Waals surface area contributed by atoms with Crippen LogP contribution < -0.4 is 4.72 Å². The summed E-state index contributed by atoms with van der Waals surface area (Å²) in [5, 5.41) is 0.778. The molecule has 0 unspecified atom stereocenters. The summed E-state index contributed by atoms with van der Waals surface area (Å²) < 4.78 is 27.1. The molecule has 0 fully saturated rings. The van der Waals surface area contributed by atoms with Crippen LogP contribution in [0.15, 0.2) is 66.0 Å². The van der Waals surface area contributed by atoms with Crippen molar-refractivity contribution in [2.24, 2.45) is 0 Å². The fraction of sp³-hybridized carbons (Fsp3) is 0. The topological polar surface area (TPSA) is 72.0 Å². The molecule has 2 aromatic carbocycles. The third-order valence-corrected chi connectivity index (χ3v) is 4.21. The second-order valence-corrected chi connectivity index (χ2v) is 5.87. The number of aromatic nitrogens is 2. The molecule has 0 atom stereocenters. The summed E-state index contributed by atoms with van der Waals surface area (Å²) >= 11 is 0. The number of sulfonamides is 1. The first-order valence-electron chi connectivity index (χ1n) is 5.93. The number of fused-ring (bicyclic) bond motifs is 1. The standard InChI is InChI=1S/C14H11N3O2S/c18-20(19,12-6-2-1-3-7-12)17-13-8-4-5-11-9-15-10-16-14(11)13/h1-10,17H. The third kappa shape index (κ3) is 2.33. The maximum Gasteiger partial charge on any atom is 0.261 e. The molecule has 1 heterocycles. The van der Waals surface area contributed by atoms with Gasteiger partial charge >= 0.3 is 0 Å². The fourth-order valence-electron chi connectivity index (χ4n) is 1.90. The monoisotopic (exact) mass is 285 g/mol. The minimum atomic E-state index is -3.62. The summed E-state index contributed by atoms with van der Waals surface area (Å²) in [6.45, 7) is 0. The van der Waals surface area contributed by atoms with E-state index in [2.05, 4.69) is 14.7 Å². The second kappa shape index (κ2) is 4.90. The van der Waals surface area contributed by atoms with E-state index in [1.807, 2.05) is 6.07 Å². The molecule has 6 heteroatoms. The van der Waals surface area contributed by atoms with Gasteiger partial charge in [0.25, 0.3) is 10.0 Å². The van der Waals surface area contributed by atoms with Gasteiger partial charge in [0, 0.05) is 11.6 Å². The van der Waals surface area contributed by atoms with Crippen molar-refractivity contribution in [3.05, 3.63) is 61.1 Å². The number of nitrogens with zero attached hydrogens (tertiary/aromatic N) is 2. The highest BCUT2D eigenvalue weighted by molar-refractivity contribution is 7.92. The van der Waals surface area contributed by atoms with Gasteiger partial charge in [-0.1, -0.05) is 30.3 Å². The van der Waals surface area contributed by atoms with Crippen LogP contribution in [0.4, 0.5) is 5.69 Å². The van der Waals surface area contributed by atoms with Gasteiger partial charge in [0.1, 0.15) is 6.33 Å². The Morgan fingerprint density at radius 3 is 2.55 bits per heavy atom. The van der Waals surface area contributed by atoms with Crippen molar-refractivity contribution < 1.29 is 8.42 Å². The SMILES string of the molecule is O=S(=O)(Nc1cccc2cncnc12)c1ccccc1. The Hall–Kier alpha value is -2.47. The summed E-state index contributed by atoms with van der Waals surface area (Å²) in [6, 6.07) is 13.5. The minimum absolute atomic E-state index is 0.214. The zero-order chi connectivity index (χ0) is 14.0. The smallest absolute Gasteiger partial charge is 0.261 e. The van der Waals surface area contributed by atoms with Crippen LogP contribution in [0.5, 0.6) is 0 Å². The molecule has 100 valence electrons. The number of hydrogen-bond acceptors (Lipinski definition) is 4. The number of para-hydroxylation sites is 1. The molecule has 1 aromatic heterocycles. The van der Waals surface area contributed by atoms with Gasteiger partial charge in [0.2, 0.25) is 0 Å². The van der Waals surface area contributed by atoms with Crippen LogP contribution in [0, 0.1) is 0 Å². The van der Waals surface area contributed by atoms with E-state index in [-0.39, 0.29) is 4.90 Å². The molecule has 0 bridgehead atoms. The summed E-state index contributed by atoms with van der Waals surface area (Å²) in [5.41, 5.74) is 1.01. The van der Waals surface area contributed by atoms with E-state index in [9.17, 15) is 8.42 Å². The van der Waals surface area contributed by atoms with Crippen molar-refractivity contribution in [3.8, 4) is 0 Å². The lowest BCUT2D eigenvalue weighted by Gasteiger charge is -2.09. The molecule has 20 heavy (non-hydrogen) atoms. The minimum Gasteiger partial charge on any atom is -0.277 e. The quantitative estimate of drug-likeness (QED) is 0.802. The molecule has 0 saturated carbocycles. The van der Waals surface area contributed by atoms with E-state index in [0.29, 0.717) is 11.2 Å². The highest BCUT2D eigenvalue weighted by Gasteiger charge is 2.15. The van der Waals surface area contributed by atoms with Crippen molar-refractivity contribution in [1.29, 1.82) is 0 Å². The van der Waals surface area contributed by atoms with Gasteiger partial charge in [-0.3, -0.25) is 4.72 Å². The average Bonchev–Trinajstić information content (AvgIpc) is 2.48. The van der Waals surface area contributed by atoms with Crippen molar-refractivity contribution in [3.63, 3.8) is 0 Å². The van der Waals surface area contributed by atoms with E-state index in [1.54, 1.807) is 48.7 Å². The molecule has 3 aromatic rings. The normalized spacial score (nSPS) is 11.4. The molecule has 0 radical (unpaired) electrons. The summed E-state index contributed by atoms with van der Waals surface area (Å²) in [6.07, 6.45) is 3.03. The lowest BCUT2D eigenvalue weighted by Crippen LogP contribution is -2.13. The molecule has 0 spiro atoms. The van der Waals surface area contributed by atoms with E-state index < -0.39 is 10.0 Å². The Kier molecular flexibility index (Phi) is 3.08. The zero-order valence-corrected chi connectivity index (χ0v) is 11.2. The number of hydrogen-bond donors (Lipinski definition) is 1. The van der Waals surface area contributed by atoms with Gasteiger partial charge < -0.3 is 0 Å². The number of rotatable bonds is 3. The van der Waals surface area contributed by atoms with Gasteiger partial charge in [0.05, 0.1) is 16.1 Å². The van der Waals surface area contributed by atoms with E-state index in [4.69, 9.17) is 0 Å². The van der Waals surface area contributed by atoms with Gasteiger partial charge in [-0.25, -0.2) is 18.4 Å². The predicted octanol–water partition coefficient (Wildman–Crippen LogP) is 2.43. The summed E-state index contributed by atoms with van der Waals surface area (Å²) in [5.74, 6) is 0. The van der Waals surface area contributed by atoms with E-state index in [0.717, 1.165) is 5.39 Å². The average molecular weight is 285 g/mol. The zero-order valence-electron chi connectivity index (χ0n) is 10.4. The van der Waals surface area contributed by atoms with Gasteiger partial charge in [-0.15, -0.1) is 0 Å². The van der Waals surface area contributed by atoms with Crippen molar-refractivity contribution in [2.75, 3.05) is 4.72 Å². The number of benzene rings is 2. The van der Waals surface area contributed by atoms with E-state index >= 15 is 0 Å². The largest absolute Gasteiger partial charge is 0.277 e. The summed E-state index contributed by atoms with van der Waals surface area (Å²) in [7, 11) is -3.62. The number of anilines is 1. The third-order valence-electron chi connectivity index (χ3n) is 2.83. The van der Waals surface area contributed by atoms with Crippen LogP contribution in [-0.4, -0.2) is 18.4 Å². The van der Waals surface area contributed by atoms with Crippen LogP contribution in [-0.2, 0) is 10.0 Å². The molecule has 0 aliphatic carbocycles. The highest BCUT2D eigenvalue weighted by Crippen LogP contribution is 2.23. The van der Waals surface area contributed by atoms with Gasteiger partial charge in [-0.2, -0.15) is 0 Å². The van der Waals surface area contributed by atoms with Crippen LogP contribution >= 0.6 is 0 Å². The van der Waals surface area contributed by atoms with E-state index in [1.165, 1.54) is 6.33 Å². The molecular weight excluding hydrogens is 274 g/mol. The van der Waals surface area contributed by atoms with Crippen LogP contribution in [0.25, 0.3) is 10.9 Å². The Labute approximate surface area is 116 Å². The molecule has 0 aliphatic rings. The Bertz CT molecular complexity index is 843. The number of nitrogens with one attached hydrogen (secondary N) is 1. The molecule has 0 saturated heterocycles. The Morgan fingerprint density at radius 2 is 1.75 bits per heavy atom. The van der Waals surface area contributed by atoms with Gasteiger partial charge in [-0.05, 0) is 18.2 Å². The Morgan fingerprint density at radius 1 is 0.950 bits per heavy atom. The molecule has 0 amide bonds. The predicted molar refractivity (Wildman–Crippen MR) is 76.8 cm³/mol. The Balaban J connectivity index is 2.06. The molecule has 1 N–H and O–H groups in total. The van der Waals surface area contributed by atoms with Crippen LogP contribution in [0.3, 0.4) is 0 Å². The lowest BCUT2D eigenvalue weighted by molar-refractivity contribution is 0.601. The highest BCUT2D eigenvalue weighted by atomic mass is 32.2. The maximum atomic E-state index is 12.3. The van der Waals surface area contributed by atoms with Crippen LogP contribution in [0.1, 0.15) is 0 Å². The van der Waals surface area contributed by atoms with Gasteiger partial charge in [0.15, 0.2) is 0 Å². The lowest BCUT2D eigenvalue weighted by atomic mass is 10.2. The first kappa shape index (κ1) is 12.6. The van der Waals surface area contributed by atoms with Crippen LogP contribution in [0.2, 0.25) is 0 Å². The second-order valence-electron chi connectivity index (χ2n) is 4.18. The molecule has 0 aliphatic heterocycles. The van der Waals surface area contributed by atoms with Crippen molar-refractivity contribution >= 4 is 26.6 Å².